The molecule has 3 aromatic rings. The third kappa shape index (κ3) is 3.93. The number of furan rings is 1. The molecular formula is C23H24N2O3. The van der Waals surface area contributed by atoms with Crippen LogP contribution in [0.1, 0.15) is 52.0 Å². The predicted octanol–water partition coefficient (Wildman–Crippen LogP) is 4.77. The van der Waals surface area contributed by atoms with Crippen LogP contribution in [0.2, 0.25) is 0 Å². The van der Waals surface area contributed by atoms with Crippen LogP contribution in [0, 0.1) is 6.92 Å². The molecule has 1 aromatic carbocycles. The van der Waals surface area contributed by atoms with Crippen molar-refractivity contribution in [2.75, 3.05) is 0 Å². The van der Waals surface area contributed by atoms with E-state index in [2.05, 4.69) is 17.2 Å². The van der Waals surface area contributed by atoms with Gasteiger partial charge in [-0.05, 0) is 80.7 Å². The van der Waals surface area contributed by atoms with Crippen LogP contribution in [0.25, 0.3) is 6.08 Å². The van der Waals surface area contributed by atoms with Crippen molar-refractivity contribution in [1.29, 1.82) is 0 Å². The van der Waals surface area contributed by atoms with E-state index in [0.717, 1.165) is 30.2 Å². The Morgan fingerprint density at radius 1 is 1.25 bits per heavy atom. The highest BCUT2D eigenvalue weighted by Crippen LogP contribution is 2.26. The van der Waals surface area contributed by atoms with E-state index >= 15 is 0 Å². The number of carbonyl (C=O) groups excluding carboxylic acids is 1. The van der Waals surface area contributed by atoms with Crippen molar-refractivity contribution >= 4 is 11.9 Å². The van der Waals surface area contributed by atoms with Gasteiger partial charge in [-0.3, -0.25) is 9.48 Å². The molecule has 1 aliphatic carbocycles. The fraction of sp³-hybridized carbons (Fsp3) is 0.304. The first kappa shape index (κ1) is 18.3. The van der Waals surface area contributed by atoms with Crippen LogP contribution in [0.3, 0.4) is 0 Å². The number of aromatic nitrogens is 2. The summed E-state index contributed by atoms with van der Waals surface area (Å²) in [5.41, 5.74) is 4.17. The number of hydrogen-bond donors (Lipinski definition) is 0. The Morgan fingerprint density at radius 2 is 2.11 bits per heavy atom. The lowest BCUT2D eigenvalue weighted by Gasteiger charge is -2.06. The van der Waals surface area contributed by atoms with Gasteiger partial charge < -0.3 is 9.15 Å². The Balaban J connectivity index is 1.36. The molecule has 0 fully saturated rings. The molecule has 2 aromatic heterocycles. The highest BCUT2D eigenvalue weighted by Gasteiger charge is 2.12. The van der Waals surface area contributed by atoms with Gasteiger partial charge >= 0.3 is 0 Å². The number of ether oxygens (including phenoxy) is 1. The lowest BCUT2D eigenvalue weighted by atomic mass is 10.1. The third-order valence-corrected chi connectivity index (χ3v) is 5.07. The van der Waals surface area contributed by atoms with Crippen molar-refractivity contribution in [3.8, 4) is 5.75 Å². The molecule has 0 N–H and O–H groups in total. The second kappa shape index (κ2) is 7.89. The van der Waals surface area contributed by atoms with Crippen LogP contribution < -0.4 is 4.74 Å². The van der Waals surface area contributed by atoms with Gasteiger partial charge in [0, 0.05) is 12.7 Å². The van der Waals surface area contributed by atoms with E-state index in [4.69, 9.17) is 9.15 Å². The number of allylic oxidation sites excluding steroid dienone is 1. The zero-order chi connectivity index (χ0) is 19.5. The van der Waals surface area contributed by atoms with Gasteiger partial charge in [-0.2, -0.15) is 5.10 Å². The summed E-state index contributed by atoms with van der Waals surface area (Å²) in [4.78, 5) is 12.4. The smallest absolute Gasteiger partial charge is 0.189 e. The Morgan fingerprint density at radius 3 is 2.93 bits per heavy atom. The monoisotopic (exact) mass is 376 g/mol. The maximum absolute atomic E-state index is 12.4. The SMILES string of the molecule is CCn1cc(C(=O)/C=C/c2ccc(COc3ccc4c(c3)CCC4)o2)c(C)n1. The lowest BCUT2D eigenvalue weighted by Crippen LogP contribution is -1.95. The van der Waals surface area contributed by atoms with Gasteiger partial charge in [0.1, 0.15) is 23.9 Å². The first-order valence-corrected chi connectivity index (χ1v) is 9.72. The fourth-order valence-corrected chi connectivity index (χ4v) is 3.52. The van der Waals surface area contributed by atoms with Crippen LogP contribution in [0.4, 0.5) is 0 Å². The number of nitrogens with zero attached hydrogens (tertiary/aromatic N) is 2. The predicted molar refractivity (Wildman–Crippen MR) is 108 cm³/mol. The van der Waals surface area contributed by atoms with E-state index in [1.165, 1.54) is 30.0 Å². The summed E-state index contributed by atoms with van der Waals surface area (Å²) in [5.74, 6) is 2.14. The van der Waals surface area contributed by atoms with Crippen molar-refractivity contribution in [3.63, 3.8) is 0 Å². The molecule has 5 nitrogen and oxygen atoms in total. The molecule has 0 radical (unpaired) electrons. The minimum Gasteiger partial charge on any atom is -0.486 e. The molecule has 28 heavy (non-hydrogen) atoms. The summed E-state index contributed by atoms with van der Waals surface area (Å²) >= 11 is 0. The maximum Gasteiger partial charge on any atom is 0.189 e. The van der Waals surface area contributed by atoms with Gasteiger partial charge in [0.2, 0.25) is 0 Å². The van der Waals surface area contributed by atoms with Crippen LogP contribution in [0.5, 0.6) is 5.75 Å². The third-order valence-electron chi connectivity index (χ3n) is 5.07. The molecule has 0 bridgehead atoms. The molecule has 5 heteroatoms. The van der Waals surface area contributed by atoms with E-state index in [9.17, 15) is 4.79 Å². The van der Waals surface area contributed by atoms with Gasteiger partial charge in [0.25, 0.3) is 0 Å². The van der Waals surface area contributed by atoms with E-state index in [-0.39, 0.29) is 5.78 Å². The fourth-order valence-electron chi connectivity index (χ4n) is 3.52. The minimum absolute atomic E-state index is 0.0791. The zero-order valence-corrected chi connectivity index (χ0v) is 16.3. The van der Waals surface area contributed by atoms with Crippen molar-refractivity contribution in [1.82, 2.24) is 9.78 Å². The lowest BCUT2D eigenvalue weighted by molar-refractivity contribution is 0.104. The molecule has 0 spiro atoms. The number of fused-ring (bicyclic) bond motifs is 1. The molecule has 0 amide bonds. The Hall–Kier alpha value is -3.08. The van der Waals surface area contributed by atoms with Crippen molar-refractivity contribution < 1.29 is 13.9 Å². The molecule has 4 rings (SSSR count). The topological polar surface area (TPSA) is 57.3 Å². The normalized spacial score (nSPS) is 13.2. The second-order valence-corrected chi connectivity index (χ2v) is 7.06. The van der Waals surface area contributed by atoms with Gasteiger partial charge in [0.05, 0.1) is 11.3 Å². The van der Waals surface area contributed by atoms with Gasteiger partial charge in [-0.1, -0.05) is 6.07 Å². The first-order valence-electron chi connectivity index (χ1n) is 9.72. The molecule has 0 saturated carbocycles. The average Bonchev–Trinajstić information content (AvgIpc) is 3.43. The number of rotatable bonds is 7. The summed E-state index contributed by atoms with van der Waals surface area (Å²) in [6, 6.07) is 10.0. The van der Waals surface area contributed by atoms with Gasteiger partial charge in [0.15, 0.2) is 5.78 Å². The van der Waals surface area contributed by atoms with Crippen LogP contribution in [0.15, 0.2) is 47.0 Å². The van der Waals surface area contributed by atoms with Crippen LogP contribution >= 0.6 is 0 Å². The second-order valence-electron chi connectivity index (χ2n) is 7.06. The largest absolute Gasteiger partial charge is 0.486 e. The van der Waals surface area contributed by atoms with Gasteiger partial charge in [-0.15, -0.1) is 0 Å². The number of benzene rings is 1. The minimum atomic E-state index is -0.0791. The van der Waals surface area contributed by atoms with Crippen molar-refractivity contribution in [3.05, 3.63) is 76.5 Å². The molecule has 2 heterocycles. The highest BCUT2D eigenvalue weighted by atomic mass is 16.5. The van der Waals surface area contributed by atoms with E-state index < -0.39 is 0 Å². The highest BCUT2D eigenvalue weighted by molar-refractivity contribution is 6.07. The molecule has 0 aliphatic heterocycles. The van der Waals surface area contributed by atoms with Crippen molar-refractivity contribution in [2.24, 2.45) is 0 Å². The summed E-state index contributed by atoms with van der Waals surface area (Å²) in [6.07, 6.45) is 8.51. The molecular weight excluding hydrogens is 352 g/mol. The average molecular weight is 376 g/mol. The molecule has 144 valence electrons. The van der Waals surface area contributed by atoms with Gasteiger partial charge in [-0.25, -0.2) is 0 Å². The number of ketones is 1. The van der Waals surface area contributed by atoms with E-state index in [1.54, 1.807) is 17.0 Å². The number of carbonyl (C=O) groups is 1. The molecule has 1 aliphatic rings. The zero-order valence-electron chi connectivity index (χ0n) is 16.3. The maximum atomic E-state index is 12.4. The van der Waals surface area contributed by atoms with Crippen LogP contribution in [-0.2, 0) is 26.0 Å². The van der Waals surface area contributed by atoms with Crippen molar-refractivity contribution in [2.45, 2.75) is 46.3 Å². The summed E-state index contributed by atoms with van der Waals surface area (Å²) < 4.78 is 13.4. The summed E-state index contributed by atoms with van der Waals surface area (Å²) in [6.45, 7) is 4.94. The standard InChI is InChI=1S/C23H24N2O3/c1-3-25-14-22(16(2)24-25)23(26)12-11-19-9-10-21(28-19)15-27-20-8-7-17-5-4-6-18(17)13-20/h7-14H,3-6,15H2,1-2H3/b12-11+. The molecule has 0 atom stereocenters. The number of aryl methyl sites for hydroxylation is 4. The van der Waals surface area contributed by atoms with E-state index in [1.807, 2.05) is 32.0 Å². The van der Waals surface area contributed by atoms with E-state index in [0.29, 0.717) is 17.9 Å². The molecule has 0 saturated heterocycles. The summed E-state index contributed by atoms with van der Waals surface area (Å²) in [7, 11) is 0. The Kier molecular flexibility index (Phi) is 5.15. The first-order chi connectivity index (χ1) is 13.6. The Labute approximate surface area is 164 Å². The summed E-state index contributed by atoms with van der Waals surface area (Å²) in [5, 5.41) is 4.31. The molecule has 0 unspecified atom stereocenters. The quantitative estimate of drug-likeness (QED) is 0.440. The Bertz CT molecular complexity index is 1030. The number of hydrogen-bond acceptors (Lipinski definition) is 4. The van der Waals surface area contributed by atoms with Crippen LogP contribution in [-0.4, -0.2) is 15.6 Å².